The zero-order valence-electron chi connectivity index (χ0n) is 7.60. The van der Waals surface area contributed by atoms with Crippen molar-refractivity contribution in [2.75, 3.05) is 0 Å². The fraction of sp³-hybridized carbons (Fsp3) is 0. The zero-order valence-corrected chi connectivity index (χ0v) is 8.70. The van der Waals surface area contributed by atoms with Crippen LogP contribution in [0.4, 0.5) is 17.3 Å². The number of rotatable bonds is 0. The molecule has 2 aromatic rings. The van der Waals surface area contributed by atoms with Crippen molar-refractivity contribution in [2.24, 2.45) is 0 Å². The molecule has 2 rings (SSSR count). The first-order valence-electron chi connectivity index (χ1n) is 3.53. The van der Waals surface area contributed by atoms with E-state index in [0.29, 0.717) is 0 Å². The normalized spacial score (nSPS) is 8.75. The Morgan fingerprint density at radius 1 is 0.625 bits per heavy atom. The van der Waals surface area contributed by atoms with Crippen molar-refractivity contribution in [3.05, 3.63) is 60.7 Å². The Labute approximate surface area is 103 Å². The molecule has 6 heteroatoms. The molecule has 2 aromatic carbocycles. The average molecular weight is 265 g/mol. The van der Waals surface area contributed by atoms with E-state index in [1.54, 1.807) is 12.1 Å². The van der Waals surface area contributed by atoms with Crippen molar-refractivity contribution in [2.45, 2.75) is 0 Å². The molecule has 0 fully saturated rings. The molecule has 92 valence electrons. The Hall–Kier alpha value is -0.996. The minimum Gasteiger partial charge on any atom is -0.999 e. The van der Waals surface area contributed by atoms with Gasteiger partial charge in [0, 0.05) is 17.1 Å². The second-order valence-corrected chi connectivity index (χ2v) is 1.86. The fourth-order valence-electron chi connectivity index (χ4n) is 0.361. The van der Waals surface area contributed by atoms with Gasteiger partial charge in [0.15, 0.2) is 0 Å². The molecule has 0 saturated carbocycles. The summed E-state index contributed by atoms with van der Waals surface area (Å²) in [6.45, 7) is 0. The van der Waals surface area contributed by atoms with E-state index in [2.05, 4.69) is 48.5 Å². The molecule has 0 heterocycles. The van der Waals surface area contributed by atoms with E-state index in [1.165, 1.54) is 0 Å². The monoisotopic (exact) mass is 265 g/mol. The molecule has 0 aliphatic heterocycles. The van der Waals surface area contributed by atoms with Crippen LogP contribution in [-0.2, 0) is 17.1 Å². The van der Waals surface area contributed by atoms with E-state index in [9.17, 15) is 17.3 Å². The van der Waals surface area contributed by atoms with E-state index in [0.717, 1.165) is 0 Å². The van der Waals surface area contributed by atoms with Gasteiger partial charge in [0.25, 0.3) is 0 Å². The van der Waals surface area contributed by atoms with E-state index in [1.807, 2.05) is 0 Å². The van der Waals surface area contributed by atoms with Crippen LogP contribution in [0, 0.1) is 48.5 Å². The molecule has 0 bridgehead atoms. The summed E-state index contributed by atoms with van der Waals surface area (Å²) in [5.74, 6) is 0. The first-order chi connectivity index (χ1) is 7.00. The third kappa shape index (κ3) is 23.1. The minimum absolute atomic E-state index is 0. The van der Waals surface area contributed by atoms with Crippen LogP contribution in [0.2, 0.25) is 0 Å². The summed E-state index contributed by atoms with van der Waals surface area (Å²) in [6, 6.07) is 24.0. The van der Waals surface area contributed by atoms with E-state index in [-0.39, 0.29) is 17.1 Å². The zero-order chi connectivity index (χ0) is 11.6. The molecule has 0 atom stereocenters. The Morgan fingerprint density at radius 2 is 0.812 bits per heavy atom. The minimum atomic E-state index is -6.00. The van der Waals surface area contributed by atoms with Crippen LogP contribution in [0.15, 0.2) is 12.1 Å². The summed E-state index contributed by atoms with van der Waals surface area (Å²) in [5.41, 5.74) is 0. The van der Waals surface area contributed by atoms with E-state index in [4.69, 9.17) is 0 Å². The SMILES string of the molecule is F[B-](F)(F)F.[Fe].[c-]1[c-][c-][cH-][c-]1.[c-]1[c-][c-][cH-][c-]1. The van der Waals surface area contributed by atoms with Crippen LogP contribution >= 0.6 is 0 Å². The van der Waals surface area contributed by atoms with Gasteiger partial charge < -0.3 is 77.9 Å². The van der Waals surface area contributed by atoms with E-state index >= 15 is 0 Å². The van der Waals surface area contributed by atoms with Gasteiger partial charge in [-0.1, -0.05) is 0 Å². The first kappa shape index (κ1) is 17.4. The van der Waals surface area contributed by atoms with Crippen LogP contribution in [0.25, 0.3) is 0 Å². The van der Waals surface area contributed by atoms with Gasteiger partial charge in [-0.25, -0.2) is 0 Å². The largest absolute Gasteiger partial charge is 0.999 e. The van der Waals surface area contributed by atoms with Crippen molar-refractivity contribution >= 4 is 7.25 Å². The van der Waals surface area contributed by atoms with Crippen LogP contribution in [-0.4, -0.2) is 7.25 Å². The van der Waals surface area contributed by atoms with Gasteiger partial charge in [0.05, 0.1) is 0 Å². The van der Waals surface area contributed by atoms with Crippen LogP contribution < -0.4 is 0 Å². The number of hydrogen-bond donors (Lipinski definition) is 0. The Bertz CT molecular complexity index is 222. The smallest absolute Gasteiger partial charge is 0.673 e. The predicted molar refractivity (Wildman–Crippen MR) is 44.9 cm³/mol. The first-order valence-corrected chi connectivity index (χ1v) is 3.53. The topological polar surface area (TPSA) is 0 Å². The molecule has 0 N–H and O–H groups in total. The Kier molecular flexibility index (Phi) is 11.4. The van der Waals surface area contributed by atoms with Gasteiger partial charge >= 0.3 is 7.25 Å². The molecule has 0 aliphatic carbocycles. The molecular formula is C10H2BF4Fe-11. The second-order valence-electron chi connectivity index (χ2n) is 1.86. The molecule has 0 saturated heterocycles. The third-order valence-corrected chi connectivity index (χ3v) is 0.702. The number of halogens is 4. The summed E-state index contributed by atoms with van der Waals surface area (Å²) in [7, 11) is -6.00. The molecule has 0 amide bonds. The fourth-order valence-corrected chi connectivity index (χ4v) is 0.361. The van der Waals surface area contributed by atoms with Crippen molar-refractivity contribution in [3.8, 4) is 0 Å². The molecular weight excluding hydrogens is 263 g/mol. The van der Waals surface area contributed by atoms with Crippen molar-refractivity contribution < 1.29 is 34.3 Å². The number of hydrogen-bond acceptors (Lipinski definition) is 0. The third-order valence-electron chi connectivity index (χ3n) is 0.702. The van der Waals surface area contributed by atoms with Gasteiger partial charge in [-0.2, -0.15) is 0 Å². The van der Waals surface area contributed by atoms with Crippen molar-refractivity contribution in [1.82, 2.24) is 0 Å². The Balaban J connectivity index is 0. The molecule has 0 spiro atoms. The van der Waals surface area contributed by atoms with Crippen molar-refractivity contribution in [1.29, 1.82) is 0 Å². The molecule has 0 unspecified atom stereocenters. The van der Waals surface area contributed by atoms with Gasteiger partial charge in [-0.15, -0.1) is 0 Å². The van der Waals surface area contributed by atoms with Crippen LogP contribution in [0.5, 0.6) is 0 Å². The maximum absolute atomic E-state index is 9.75. The van der Waals surface area contributed by atoms with Gasteiger partial charge in [-0.05, 0) is 0 Å². The molecule has 0 aliphatic rings. The standard InChI is InChI=1S/2C5H.BF4.Fe/c2*1-2-4-5-3-1;2-1(3,4)5;/h2*1H;;/q2*-5;-1;. The average Bonchev–Trinajstić information content (AvgIpc) is 2.81. The summed E-state index contributed by atoms with van der Waals surface area (Å²) in [6.07, 6.45) is 0. The van der Waals surface area contributed by atoms with Gasteiger partial charge in [-0.3, -0.25) is 0 Å². The maximum Gasteiger partial charge on any atom is 0.673 e. The van der Waals surface area contributed by atoms with Gasteiger partial charge in [0.2, 0.25) is 0 Å². The summed E-state index contributed by atoms with van der Waals surface area (Å²) in [5, 5.41) is 0. The molecule has 16 heavy (non-hydrogen) atoms. The molecule has 0 radical (unpaired) electrons. The summed E-state index contributed by atoms with van der Waals surface area (Å²) < 4.78 is 39.0. The van der Waals surface area contributed by atoms with Crippen LogP contribution in [0.3, 0.4) is 0 Å². The maximum atomic E-state index is 9.75. The van der Waals surface area contributed by atoms with Crippen LogP contribution in [0.1, 0.15) is 0 Å². The summed E-state index contributed by atoms with van der Waals surface area (Å²) >= 11 is 0. The molecule has 0 nitrogen and oxygen atoms in total. The second kappa shape index (κ2) is 10.5. The quantitative estimate of drug-likeness (QED) is 0.390. The van der Waals surface area contributed by atoms with E-state index < -0.39 is 7.25 Å². The predicted octanol–water partition coefficient (Wildman–Crippen LogP) is 2.51. The Morgan fingerprint density at radius 3 is 0.875 bits per heavy atom. The summed E-state index contributed by atoms with van der Waals surface area (Å²) in [4.78, 5) is 0. The van der Waals surface area contributed by atoms with Gasteiger partial charge in [0.1, 0.15) is 0 Å². The molecule has 0 aromatic heterocycles. The van der Waals surface area contributed by atoms with Crippen molar-refractivity contribution in [3.63, 3.8) is 0 Å².